The second-order valence-electron chi connectivity index (χ2n) is 11.0. The summed E-state index contributed by atoms with van der Waals surface area (Å²) < 4.78 is 48.7. The molecule has 234 valence electrons. The highest BCUT2D eigenvalue weighted by molar-refractivity contribution is 5.85. The summed E-state index contributed by atoms with van der Waals surface area (Å²) in [6, 6.07) is 15.3. The number of hydrogen-bond acceptors (Lipinski definition) is 8. The fourth-order valence-corrected chi connectivity index (χ4v) is 5.95. The Morgan fingerprint density at radius 3 is 2.54 bits per heavy atom. The second-order valence-corrected chi connectivity index (χ2v) is 11.0. The number of amides is 1. The van der Waals surface area contributed by atoms with E-state index in [0.29, 0.717) is 42.6 Å². The number of halogens is 3. The Bertz CT molecular complexity index is 2030. The van der Waals surface area contributed by atoms with Crippen LogP contribution in [0.5, 0.6) is 5.88 Å². The molecule has 0 saturated carbocycles. The van der Waals surface area contributed by atoms with E-state index in [1.54, 1.807) is 42.7 Å². The first kappa shape index (κ1) is 29.3. The van der Waals surface area contributed by atoms with Gasteiger partial charge in [-0.1, -0.05) is 30.3 Å². The van der Waals surface area contributed by atoms with E-state index >= 15 is 0 Å². The van der Waals surface area contributed by atoms with Crippen LogP contribution in [-0.2, 0) is 24.1 Å². The van der Waals surface area contributed by atoms with Crippen molar-refractivity contribution < 1.29 is 22.7 Å². The zero-order chi connectivity index (χ0) is 31.8. The molecule has 1 amide bonds. The molecule has 1 fully saturated rings. The van der Waals surface area contributed by atoms with Crippen LogP contribution in [0.3, 0.4) is 0 Å². The molecule has 7 rings (SSSR count). The number of hydrogen-bond donors (Lipinski definition) is 1. The first-order valence-corrected chi connectivity index (χ1v) is 14.6. The number of pyridine rings is 1. The quantitative estimate of drug-likeness (QED) is 0.266. The van der Waals surface area contributed by atoms with Crippen LogP contribution >= 0.6 is 0 Å². The number of methoxy groups -OCH3 is 1. The third-order valence-corrected chi connectivity index (χ3v) is 8.09. The van der Waals surface area contributed by atoms with Gasteiger partial charge in [0.15, 0.2) is 0 Å². The van der Waals surface area contributed by atoms with Gasteiger partial charge in [0.1, 0.15) is 24.7 Å². The number of imidazole rings is 2. The van der Waals surface area contributed by atoms with Crippen molar-refractivity contribution in [1.29, 1.82) is 0 Å². The number of benzene rings is 2. The van der Waals surface area contributed by atoms with E-state index in [1.165, 1.54) is 18.5 Å². The van der Waals surface area contributed by atoms with Crippen LogP contribution in [-0.4, -0.2) is 76.9 Å². The molecule has 1 saturated heterocycles. The second kappa shape index (κ2) is 11.9. The van der Waals surface area contributed by atoms with Crippen LogP contribution in [0.4, 0.5) is 13.2 Å². The molecule has 0 spiro atoms. The van der Waals surface area contributed by atoms with E-state index in [1.807, 2.05) is 30.3 Å². The van der Waals surface area contributed by atoms with Gasteiger partial charge >= 0.3 is 6.18 Å². The number of nitrogens with zero attached hydrogens (tertiary/aromatic N) is 8. The molecule has 46 heavy (non-hydrogen) atoms. The number of aromatic nitrogens is 7. The maximum absolute atomic E-state index is 14.0. The molecular weight excluding hydrogens is 599 g/mol. The van der Waals surface area contributed by atoms with Crippen molar-refractivity contribution in [3.63, 3.8) is 0 Å². The van der Waals surface area contributed by atoms with Gasteiger partial charge in [0.2, 0.25) is 17.6 Å². The lowest BCUT2D eigenvalue weighted by molar-refractivity contribution is -0.148. The van der Waals surface area contributed by atoms with Crippen LogP contribution in [0.25, 0.3) is 33.2 Å². The average Bonchev–Trinajstić information content (AvgIpc) is 3.70. The van der Waals surface area contributed by atoms with E-state index in [2.05, 4.69) is 34.8 Å². The minimum atomic E-state index is -4.74. The molecule has 1 aliphatic rings. The van der Waals surface area contributed by atoms with Crippen LogP contribution in [0.15, 0.2) is 79.5 Å². The van der Waals surface area contributed by atoms with Crippen LogP contribution in [0, 0.1) is 0 Å². The number of ether oxygens (including phenoxy) is 1. The van der Waals surface area contributed by atoms with Gasteiger partial charge in [-0.15, -0.1) is 0 Å². The van der Waals surface area contributed by atoms with E-state index in [-0.39, 0.29) is 17.6 Å². The summed E-state index contributed by atoms with van der Waals surface area (Å²) in [5.41, 5.74) is 3.39. The Balaban J connectivity index is 1.24. The number of para-hydroxylation sites is 3. The van der Waals surface area contributed by atoms with Crippen LogP contribution in [0.2, 0.25) is 0 Å². The molecule has 1 aliphatic heterocycles. The lowest BCUT2D eigenvalue weighted by Gasteiger charge is -2.40. The number of piperazine rings is 1. The standard InChI is InChI=1S/C32H28F3N9O2/c1-46-30-22(12-21-6-2-3-7-23(21)40-30)25-15-38-29(39-25)27-17-42(16-20-13-36-19-37-14-20)10-11-43(27)28(45)18-44-26-9-5-4-8-24(26)41-31(44)32(33,34)35/h2-9,12-15,19,27H,10-11,16-18H2,1H3,(H,38,39)/t27-/m0/s1. The molecule has 4 aromatic heterocycles. The lowest BCUT2D eigenvalue weighted by Crippen LogP contribution is -2.51. The number of rotatable bonds is 7. The number of fused-ring (bicyclic) bond motifs is 2. The Labute approximate surface area is 260 Å². The van der Waals surface area contributed by atoms with Crippen molar-refractivity contribution in [2.75, 3.05) is 26.7 Å². The van der Waals surface area contributed by atoms with Gasteiger partial charge in [0.05, 0.1) is 41.1 Å². The molecule has 2 aromatic carbocycles. The molecule has 5 heterocycles. The highest BCUT2D eigenvalue weighted by Gasteiger charge is 2.40. The lowest BCUT2D eigenvalue weighted by atomic mass is 10.1. The summed E-state index contributed by atoms with van der Waals surface area (Å²) in [6.07, 6.45) is 1.83. The fourth-order valence-electron chi connectivity index (χ4n) is 5.95. The first-order chi connectivity index (χ1) is 22.3. The zero-order valence-corrected chi connectivity index (χ0v) is 24.6. The highest BCUT2D eigenvalue weighted by Crippen LogP contribution is 2.34. The molecule has 0 aliphatic carbocycles. The molecule has 0 radical (unpaired) electrons. The summed E-state index contributed by atoms with van der Waals surface area (Å²) in [4.78, 5) is 42.4. The van der Waals surface area contributed by atoms with Gasteiger partial charge in [0.25, 0.3) is 0 Å². The number of nitrogens with one attached hydrogen (secondary N) is 1. The minimum Gasteiger partial charge on any atom is -0.480 e. The van der Waals surface area contributed by atoms with Crippen molar-refractivity contribution in [3.8, 4) is 17.1 Å². The number of aromatic amines is 1. The zero-order valence-electron chi connectivity index (χ0n) is 24.6. The number of carbonyl (C=O) groups excluding carboxylic acids is 1. The molecule has 1 atom stereocenters. The number of carbonyl (C=O) groups is 1. The maximum Gasteiger partial charge on any atom is 0.449 e. The van der Waals surface area contributed by atoms with Crippen molar-refractivity contribution >= 4 is 27.8 Å². The summed E-state index contributed by atoms with van der Waals surface area (Å²) in [6.45, 7) is 1.12. The van der Waals surface area contributed by atoms with Crippen molar-refractivity contribution in [2.24, 2.45) is 0 Å². The van der Waals surface area contributed by atoms with Gasteiger partial charge < -0.3 is 19.2 Å². The van der Waals surface area contributed by atoms with Crippen molar-refractivity contribution in [1.82, 2.24) is 44.3 Å². The summed E-state index contributed by atoms with van der Waals surface area (Å²) >= 11 is 0. The molecule has 14 heteroatoms. The van der Waals surface area contributed by atoms with Gasteiger partial charge in [0, 0.05) is 49.5 Å². The third kappa shape index (κ3) is 5.62. The van der Waals surface area contributed by atoms with Crippen molar-refractivity contribution in [2.45, 2.75) is 25.3 Å². The average molecular weight is 628 g/mol. The van der Waals surface area contributed by atoms with Gasteiger partial charge in [-0.25, -0.2) is 24.9 Å². The van der Waals surface area contributed by atoms with Crippen molar-refractivity contribution in [3.05, 3.63) is 96.7 Å². The summed E-state index contributed by atoms with van der Waals surface area (Å²) in [5, 5.41) is 0.910. The topological polar surface area (TPSA) is 118 Å². The molecule has 0 unspecified atom stereocenters. The van der Waals surface area contributed by atoms with Gasteiger partial charge in [-0.05, 0) is 24.3 Å². The Kier molecular flexibility index (Phi) is 7.56. The highest BCUT2D eigenvalue weighted by atomic mass is 19.4. The Hall–Kier alpha value is -5.37. The minimum absolute atomic E-state index is 0.169. The summed E-state index contributed by atoms with van der Waals surface area (Å²) in [7, 11) is 1.54. The van der Waals surface area contributed by atoms with E-state index in [4.69, 9.17) is 4.74 Å². The van der Waals surface area contributed by atoms with Gasteiger partial charge in [-0.2, -0.15) is 13.2 Å². The SMILES string of the molecule is COc1nc2ccccc2cc1-c1cnc([C@@H]2CN(Cc3cncnc3)CCN2C(=O)Cn2c(C(F)(F)F)nc3ccccc32)[nH]1. The monoisotopic (exact) mass is 627 g/mol. The molecule has 1 N–H and O–H groups in total. The predicted molar refractivity (Wildman–Crippen MR) is 162 cm³/mol. The smallest absolute Gasteiger partial charge is 0.449 e. The normalized spacial score (nSPS) is 15.9. The van der Waals surface area contributed by atoms with Crippen LogP contribution in [0.1, 0.15) is 23.3 Å². The summed E-state index contributed by atoms with van der Waals surface area (Å²) in [5.74, 6) is -0.705. The molecule has 0 bridgehead atoms. The fraction of sp³-hybridized carbons (Fsp3) is 0.250. The third-order valence-electron chi connectivity index (χ3n) is 8.09. The number of H-pyrrole nitrogens is 1. The van der Waals surface area contributed by atoms with Crippen LogP contribution < -0.4 is 4.74 Å². The predicted octanol–water partition coefficient (Wildman–Crippen LogP) is 4.88. The van der Waals surface area contributed by atoms with E-state index in [9.17, 15) is 18.0 Å². The molecular formula is C32H28F3N9O2. The Morgan fingerprint density at radius 1 is 1.00 bits per heavy atom. The maximum atomic E-state index is 14.0. The van der Waals surface area contributed by atoms with E-state index < -0.39 is 30.5 Å². The molecule has 6 aromatic rings. The molecule has 11 nitrogen and oxygen atoms in total. The van der Waals surface area contributed by atoms with E-state index in [0.717, 1.165) is 21.0 Å². The first-order valence-electron chi connectivity index (χ1n) is 14.6. The number of alkyl halides is 3. The van der Waals surface area contributed by atoms with Gasteiger partial charge in [-0.3, -0.25) is 9.69 Å². The largest absolute Gasteiger partial charge is 0.480 e. The Morgan fingerprint density at radius 2 is 1.76 bits per heavy atom.